The minimum Gasteiger partial charge on any atom is -0.478 e. The molecule has 0 aliphatic rings. The molecule has 0 bridgehead atoms. The molecule has 0 saturated carbocycles. The first-order valence-corrected chi connectivity index (χ1v) is 5.77. The minimum absolute atomic E-state index is 0.241. The van der Waals surface area contributed by atoms with Crippen LogP contribution < -0.4 is 0 Å². The lowest BCUT2D eigenvalue weighted by molar-refractivity contribution is 0.0696. The third-order valence-corrected chi connectivity index (χ3v) is 2.80. The summed E-state index contributed by atoms with van der Waals surface area (Å²) in [6.07, 6.45) is 5.10. The number of imidazole rings is 1. The van der Waals surface area contributed by atoms with Gasteiger partial charge in [0.2, 0.25) is 0 Å². The van der Waals surface area contributed by atoms with Crippen molar-refractivity contribution in [1.82, 2.24) is 19.3 Å². The summed E-state index contributed by atoms with van der Waals surface area (Å²) in [6, 6.07) is 0.318. The highest BCUT2D eigenvalue weighted by Crippen LogP contribution is 2.12. The number of aryl methyl sites for hydroxylation is 1. The summed E-state index contributed by atoms with van der Waals surface area (Å²) in [5, 5.41) is 13.2. The SMILES string of the molecule is Cc1nn(Cc2cncn2C(C)C)cc1C(=O)O. The molecule has 0 radical (unpaired) electrons. The van der Waals surface area contributed by atoms with E-state index < -0.39 is 5.97 Å². The first kappa shape index (κ1) is 12.3. The molecule has 0 saturated heterocycles. The summed E-state index contributed by atoms with van der Waals surface area (Å²) >= 11 is 0. The molecule has 0 amide bonds. The summed E-state index contributed by atoms with van der Waals surface area (Å²) in [7, 11) is 0. The molecule has 2 aromatic heterocycles. The molecule has 0 atom stereocenters. The number of aromatic carboxylic acids is 1. The molecule has 96 valence electrons. The Hall–Kier alpha value is -2.11. The third-order valence-electron chi connectivity index (χ3n) is 2.80. The Balaban J connectivity index is 2.26. The molecule has 0 fully saturated rings. The fraction of sp³-hybridized carbons (Fsp3) is 0.417. The van der Waals surface area contributed by atoms with Gasteiger partial charge in [-0.1, -0.05) is 0 Å². The quantitative estimate of drug-likeness (QED) is 0.894. The van der Waals surface area contributed by atoms with Gasteiger partial charge in [0.15, 0.2) is 0 Å². The summed E-state index contributed by atoms with van der Waals surface area (Å²) in [4.78, 5) is 15.1. The lowest BCUT2D eigenvalue weighted by Crippen LogP contribution is -2.09. The Kier molecular flexibility index (Phi) is 3.18. The van der Waals surface area contributed by atoms with Gasteiger partial charge in [0.05, 0.1) is 30.5 Å². The number of nitrogens with zero attached hydrogens (tertiary/aromatic N) is 4. The van der Waals surface area contributed by atoms with Crippen molar-refractivity contribution in [2.75, 3.05) is 0 Å². The van der Waals surface area contributed by atoms with E-state index in [0.29, 0.717) is 18.3 Å². The van der Waals surface area contributed by atoms with Gasteiger partial charge in [0.1, 0.15) is 5.56 Å². The van der Waals surface area contributed by atoms with Gasteiger partial charge >= 0.3 is 5.97 Å². The number of hydrogen-bond donors (Lipinski definition) is 1. The monoisotopic (exact) mass is 248 g/mol. The van der Waals surface area contributed by atoms with Crippen LogP contribution in [-0.2, 0) is 6.54 Å². The maximum absolute atomic E-state index is 10.9. The average molecular weight is 248 g/mol. The summed E-state index contributed by atoms with van der Waals surface area (Å²) in [5.41, 5.74) is 1.77. The van der Waals surface area contributed by atoms with Crippen LogP contribution in [0.1, 0.15) is 41.6 Å². The largest absolute Gasteiger partial charge is 0.478 e. The van der Waals surface area contributed by atoms with Crippen LogP contribution in [0.3, 0.4) is 0 Å². The smallest absolute Gasteiger partial charge is 0.339 e. The molecule has 2 heterocycles. The molecule has 0 aliphatic heterocycles. The van der Waals surface area contributed by atoms with Gasteiger partial charge < -0.3 is 9.67 Å². The molecule has 6 heteroatoms. The maximum atomic E-state index is 10.9. The van der Waals surface area contributed by atoms with Crippen molar-refractivity contribution in [2.45, 2.75) is 33.4 Å². The van der Waals surface area contributed by atoms with Crippen LogP contribution in [-0.4, -0.2) is 30.4 Å². The van der Waals surface area contributed by atoms with Gasteiger partial charge in [-0.05, 0) is 20.8 Å². The highest BCUT2D eigenvalue weighted by atomic mass is 16.4. The first-order valence-electron chi connectivity index (χ1n) is 5.77. The third kappa shape index (κ3) is 2.27. The van der Waals surface area contributed by atoms with Crippen LogP contribution in [0.5, 0.6) is 0 Å². The topological polar surface area (TPSA) is 72.9 Å². The van der Waals surface area contributed by atoms with E-state index in [1.165, 1.54) is 0 Å². The summed E-state index contributed by atoms with van der Waals surface area (Å²) in [5.74, 6) is -0.948. The van der Waals surface area contributed by atoms with Gasteiger partial charge in [-0.2, -0.15) is 5.10 Å². The van der Waals surface area contributed by atoms with Crippen molar-refractivity contribution in [1.29, 1.82) is 0 Å². The highest BCUT2D eigenvalue weighted by molar-refractivity contribution is 5.88. The molecule has 6 nitrogen and oxygen atoms in total. The van der Waals surface area contributed by atoms with Crippen molar-refractivity contribution in [3.63, 3.8) is 0 Å². The van der Waals surface area contributed by atoms with E-state index in [1.807, 2.05) is 4.57 Å². The van der Waals surface area contributed by atoms with Crippen LogP contribution in [0.4, 0.5) is 0 Å². The second-order valence-corrected chi connectivity index (χ2v) is 4.52. The second kappa shape index (κ2) is 4.64. The van der Waals surface area contributed by atoms with Crippen LogP contribution >= 0.6 is 0 Å². The van der Waals surface area contributed by atoms with Gasteiger partial charge in [-0.3, -0.25) is 4.68 Å². The molecule has 0 unspecified atom stereocenters. The second-order valence-electron chi connectivity index (χ2n) is 4.52. The zero-order valence-corrected chi connectivity index (χ0v) is 10.7. The van der Waals surface area contributed by atoms with Gasteiger partial charge in [0, 0.05) is 12.2 Å². The predicted molar refractivity (Wildman–Crippen MR) is 65.6 cm³/mol. The van der Waals surface area contributed by atoms with Crippen LogP contribution in [0.25, 0.3) is 0 Å². The van der Waals surface area contributed by atoms with E-state index in [9.17, 15) is 4.79 Å². The molecule has 0 aliphatic carbocycles. The lowest BCUT2D eigenvalue weighted by atomic mass is 10.3. The molecular weight excluding hydrogens is 232 g/mol. The normalized spacial score (nSPS) is 11.1. The maximum Gasteiger partial charge on any atom is 0.339 e. The molecule has 2 rings (SSSR count). The van der Waals surface area contributed by atoms with E-state index in [1.54, 1.807) is 30.3 Å². The first-order chi connectivity index (χ1) is 8.49. The van der Waals surface area contributed by atoms with Crippen LogP contribution in [0.15, 0.2) is 18.7 Å². The van der Waals surface area contributed by atoms with E-state index >= 15 is 0 Å². The number of rotatable bonds is 4. The molecule has 18 heavy (non-hydrogen) atoms. The zero-order chi connectivity index (χ0) is 13.3. The number of carboxylic acid groups (broad SMARTS) is 1. The van der Waals surface area contributed by atoms with Crippen molar-refractivity contribution < 1.29 is 9.90 Å². The Morgan fingerprint density at radius 1 is 1.50 bits per heavy atom. The van der Waals surface area contributed by atoms with Crippen molar-refractivity contribution in [3.05, 3.63) is 35.7 Å². The number of hydrogen-bond acceptors (Lipinski definition) is 3. The van der Waals surface area contributed by atoms with Gasteiger partial charge in [-0.15, -0.1) is 0 Å². The molecule has 0 spiro atoms. The number of carbonyl (C=O) groups is 1. The summed E-state index contributed by atoms with van der Waals surface area (Å²) in [6.45, 7) is 6.36. The molecule has 1 N–H and O–H groups in total. The standard InChI is InChI=1S/C12H16N4O2/c1-8(2)16-7-13-4-10(16)5-15-6-11(12(17)18)9(3)14-15/h4,6-8H,5H2,1-3H3,(H,17,18). The zero-order valence-electron chi connectivity index (χ0n) is 10.7. The van der Waals surface area contributed by atoms with Crippen molar-refractivity contribution >= 4 is 5.97 Å². The Labute approximate surface area is 105 Å². The van der Waals surface area contributed by atoms with E-state index in [0.717, 1.165) is 5.69 Å². The minimum atomic E-state index is -0.948. The van der Waals surface area contributed by atoms with E-state index in [-0.39, 0.29) is 5.56 Å². The number of carboxylic acids is 1. The Morgan fingerprint density at radius 2 is 2.22 bits per heavy atom. The Morgan fingerprint density at radius 3 is 2.78 bits per heavy atom. The van der Waals surface area contributed by atoms with E-state index in [4.69, 9.17) is 5.11 Å². The average Bonchev–Trinajstić information content (AvgIpc) is 2.85. The van der Waals surface area contributed by atoms with E-state index in [2.05, 4.69) is 23.9 Å². The molecular formula is C12H16N4O2. The summed E-state index contributed by atoms with van der Waals surface area (Å²) < 4.78 is 3.67. The lowest BCUT2D eigenvalue weighted by Gasteiger charge is -2.11. The van der Waals surface area contributed by atoms with Crippen LogP contribution in [0, 0.1) is 6.92 Å². The highest BCUT2D eigenvalue weighted by Gasteiger charge is 2.13. The predicted octanol–water partition coefficient (Wildman–Crippen LogP) is 1.72. The fourth-order valence-electron chi connectivity index (χ4n) is 1.89. The van der Waals surface area contributed by atoms with Crippen LogP contribution in [0.2, 0.25) is 0 Å². The molecule has 0 aromatic carbocycles. The number of aromatic nitrogens is 4. The van der Waals surface area contributed by atoms with Gasteiger partial charge in [0.25, 0.3) is 0 Å². The Bertz CT molecular complexity index is 568. The fourth-order valence-corrected chi connectivity index (χ4v) is 1.89. The van der Waals surface area contributed by atoms with Crippen molar-refractivity contribution in [2.24, 2.45) is 0 Å². The van der Waals surface area contributed by atoms with Gasteiger partial charge in [-0.25, -0.2) is 9.78 Å². The molecule has 2 aromatic rings. The van der Waals surface area contributed by atoms with Crippen molar-refractivity contribution in [3.8, 4) is 0 Å².